The fourth-order valence-electron chi connectivity index (χ4n) is 1.04. The monoisotopic (exact) mass is 159 g/mol. The third-order valence-electron chi connectivity index (χ3n) is 1.70. The predicted molar refractivity (Wildman–Crippen MR) is 53.7 cm³/mol. The van der Waals surface area contributed by atoms with Crippen molar-refractivity contribution < 1.29 is 0 Å². The minimum absolute atomic E-state index is 1.10. The fraction of sp³-hybridized carbons (Fsp3) is 0.333. The summed E-state index contributed by atoms with van der Waals surface area (Å²) in [5, 5.41) is 0. The Kier molecular flexibility index (Phi) is 5.02. The van der Waals surface area contributed by atoms with E-state index in [-0.39, 0.29) is 0 Å². The summed E-state index contributed by atoms with van der Waals surface area (Å²) in [6.07, 6.45) is 22.5. The van der Waals surface area contributed by atoms with Crippen LogP contribution in [0.3, 0.4) is 0 Å². The van der Waals surface area contributed by atoms with Crippen LogP contribution in [0.25, 0.3) is 0 Å². The zero-order chi connectivity index (χ0) is 8.49. The van der Waals surface area contributed by atoms with Crippen LogP contribution in [0.5, 0.6) is 0 Å². The van der Waals surface area contributed by atoms with Crippen molar-refractivity contribution in [1.82, 2.24) is 0 Å². The highest BCUT2D eigenvalue weighted by Gasteiger charge is 1.79. The van der Waals surface area contributed by atoms with Crippen LogP contribution in [0, 0.1) is 6.08 Å². The predicted octanol–water partition coefficient (Wildman–Crippen LogP) is 3.59. The highest BCUT2D eigenvalue weighted by molar-refractivity contribution is 5.08. The van der Waals surface area contributed by atoms with Gasteiger partial charge in [0.15, 0.2) is 0 Å². The lowest BCUT2D eigenvalue weighted by atomic mass is 10.2. The van der Waals surface area contributed by atoms with Gasteiger partial charge in [0.2, 0.25) is 0 Å². The molecule has 0 bridgehead atoms. The molecular formula is C12H15. The first-order valence-corrected chi connectivity index (χ1v) is 4.54. The number of hydrogen-bond donors (Lipinski definition) is 0. The molecular weight excluding hydrogens is 144 g/mol. The van der Waals surface area contributed by atoms with Gasteiger partial charge in [0.25, 0.3) is 0 Å². The summed E-state index contributed by atoms with van der Waals surface area (Å²) >= 11 is 0. The molecule has 0 aromatic carbocycles. The molecule has 0 heteroatoms. The van der Waals surface area contributed by atoms with Gasteiger partial charge in [0.1, 0.15) is 0 Å². The van der Waals surface area contributed by atoms with Crippen molar-refractivity contribution in [3.63, 3.8) is 0 Å². The fourth-order valence-corrected chi connectivity index (χ4v) is 1.04. The quantitative estimate of drug-likeness (QED) is 0.474. The van der Waals surface area contributed by atoms with Crippen LogP contribution < -0.4 is 0 Å². The van der Waals surface area contributed by atoms with E-state index in [9.17, 15) is 0 Å². The van der Waals surface area contributed by atoms with E-state index in [2.05, 4.69) is 36.5 Å². The summed E-state index contributed by atoms with van der Waals surface area (Å²) in [5.74, 6) is 0. The second kappa shape index (κ2) is 6.66. The van der Waals surface area contributed by atoms with E-state index in [1.54, 1.807) is 0 Å². The van der Waals surface area contributed by atoms with Gasteiger partial charge >= 0.3 is 0 Å². The molecule has 0 saturated carbocycles. The van der Waals surface area contributed by atoms with E-state index < -0.39 is 0 Å². The first-order valence-electron chi connectivity index (χ1n) is 4.54. The molecule has 1 aliphatic carbocycles. The Morgan fingerprint density at radius 2 is 1.50 bits per heavy atom. The Hall–Kier alpha value is -1.04. The summed E-state index contributed by atoms with van der Waals surface area (Å²) in [6.45, 7) is 0. The van der Waals surface area contributed by atoms with Crippen molar-refractivity contribution in [3.8, 4) is 0 Å². The Labute approximate surface area is 75.0 Å². The second-order valence-electron chi connectivity index (χ2n) is 2.78. The van der Waals surface area contributed by atoms with Crippen LogP contribution in [0.15, 0.2) is 42.5 Å². The minimum atomic E-state index is 1.10. The Balaban J connectivity index is 2.42. The van der Waals surface area contributed by atoms with Gasteiger partial charge < -0.3 is 0 Å². The molecule has 63 valence electrons. The zero-order valence-electron chi connectivity index (χ0n) is 7.37. The van der Waals surface area contributed by atoms with Gasteiger partial charge in [-0.05, 0) is 31.8 Å². The molecule has 0 N–H and O–H groups in total. The molecule has 1 aliphatic rings. The molecule has 0 nitrogen and oxygen atoms in total. The van der Waals surface area contributed by atoms with Gasteiger partial charge in [0, 0.05) is 0 Å². The van der Waals surface area contributed by atoms with Crippen LogP contribution in [-0.2, 0) is 0 Å². The van der Waals surface area contributed by atoms with E-state index in [0.29, 0.717) is 0 Å². The van der Waals surface area contributed by atoms with Gasteiger partial charge in [-0.1, -0.05) is 42.5 Å². The third-order valence-corrected chi connectivity index (χ3v) is 1.70. The minimum Gasteiger partial charge on any atom is -0.0882 e. The first-order chi connectivity index (χ1) is 6.00. The maximum Gasteiger partial charge on any atom is -0.0227 e. The van der Waals surface area contributed by atoms with Gasteiger partial charge in [-0.2, -0.15) is 0 Å². The van der Waals surface area contributed by atoms with E-state index in [1.807, 2.05) is 12.2 Å². The van der Waals surface area contributed by atoms with E-state index in [1.165, 1.54) is 0 Å². The Bertz CT molecular complexity index is 182. The second-order valence-corrected chi connectivity index (χ2v) is 2.78. The summed E-state index contributed by atoms with van der Waals surface area (Å²) < 4.78 is 0. The Morgan fingerprint density at radius 3 is 2.42 bits per heavy atom. The molecule has 0 saturated heterocycles. The van der Waals surface area contributed by atoms with Crippen LogP contribution >= 0.6 is 0 Å². The zero-order valence-corrected chi connectivity index (χ0v) is 7.37. The van der Waals surface area contributed by atoms with Gasteiger partial charge in [-0.3, -0.25) is 0 Å². The molecule has 0 fully saturated rings. The summed E-state index contributed by atoms with van der Waals surface area (Å²) in [6, 6.07) is 0. The molecule has 0 spiro atoms. The first kappa shape index (κ1) is 9.05. The van der Waals surface area contributed by atoms with Crippen LogP contribution in [0.2, 0.25) is 0 Å². The molecule has 0 unspecified atom stereocenters. The molecule has 12 heavy (non-hydrogen) atoms. The highest BCUT2D eigenvalue weighted by atomic mass is 13.9. The largest absolute Gasteiger partial charge is 0.0882 e. The molecule has 0 aliphatic heterocycles. The molecule has 1 rings (SSSR count). The van der Waals surface area contributed by atoms with Crippen molar-refractivity contribution in [2.75, 3.05) is 0 Å². The van der Waals surface area contributed by atoms with Gasteiger partial charge in [0.05, 0.1) is 0 Å². The number of allylic oxidation sites excluding steroid dienone is 8. The van der Waals surface area contributed by atoms with E-state index in [4.69, 9.17) is 0 Å². The number of hydrogen-bond acceptors (Lipinski definition) is 0. The summed E-state index contributed by atoms with van der Waals surface area (Å²) in [4.78, 5) is 0. The summed E-state index contributed by atoms with van der Waals surface area (Å²) in [7, 11) is 0. The lowest BCUT2D eigenvalue weighted by molar-refractivity contribution is 1.00. The molecule has 0 heterocycles. The van der Waals surface area contributed by atoms with Crippen molar-refractivity contribution in [2.45, 2.75) is 25.7 Å². The van der Waals surface area contributed by atoms with Crippen LogP contribution in [-0.4, -0.2) is 0 Å². The van der Waals surface area contributed by atoms with Crippen molar-refractivity contribution in [2.24, 2.45) is 0 Å². The van der Waals surface area contributed by atoms with E-state index in [0.717, 1.165) is 25.7 Å². The normalized spacial score (nSPS) is 29.3. The smallest absolute Gasteiger partial charge is 0.0227 e. The van der Waals surface area contributed by atoms with Gasteiger partial charge in [-0.15, -0.1) is 0 Å². The molecule has 0 aromatic heterocycles. The molecule has 0 atom stereocenters. The lowest BCUT2D eigenvalue weighted by Crippen LogP contribution is -1.68. The Morgan fingerprint density at radius 1 is 0.750 bits per heavy atom. The maximum atomic E-state index is 3.11. The third kappa shape index (κ3) is 4.73. The lowest BCUT2D eigenvalue weighted by Gasteiger charge is -1.88. The average Bonchev–Trinajstić information content (AvgIpc) is 2.05. The molecule has 1 radical (unpaired) electrons. The topological polar surface area (TPSA) is 0 Å². The van der Waals surface area contributed by atoms with Crippen molar-refractivity contribution in [1.29, 1.82) is 0 Å². The van der Waals surface area contributed by atoms with Crippen molar-refractivity contribution in [3.05, 3.63) is 48.6 Å². The SMILES string of the molecule is [C]1=C\CC/C=C\CC/C=C/C=C/1. The summed E-state index contributed by atoms with van der Waals surface area (Å²) in [5.41, 5.74) is 0. The maximum absolute atomic E-state index is 3.11. The molecule has 0 aromatic rings. The number of rotatable bonds is 0. The van der Waals surface area contributed by atoms with Gasteiger partial charge in [-0.25, -0.2) is 0 Å². The van der Waals surface area contributed by atoms with E-state index >= 15 is 0 Å². The van der Waals surface area contributed by atoms with Crippen LogP contribution in [0.4, 0.5) is 0 Å². The standard InChI is InChI=1S/C12H15/c1-2-4-6-8-10-12-11-9-7-5-3-1/h1-4,8-9,11H,5,7,10,12H2/b3-1+,4-2+,8-6?,11-9-. The van der Waals surface area contributed by atoms with Crippen molar-refractivity contribution >= 4 is 0 Å². The van der Waals surface area contributed by atoms with Crippen LogP contribution in [0.1, 0.15) is 25.7 Å². The average molecular weight is 159 g/mol. The highest BCUT2D eigenvalue weighted by Crippen LogP contribution is 1.99. The molecule has 0 amide bonds.